The molecule has 8 heteroatoms. The lowest BCUT2D eigenvalue weighted by molar-refractivity contribution is -0.384. The molecule has 0 spiro atoms. The summed E-state index contributed by atoms with van der Waals surface area (Å²) in [5.41, 5.74) is 0.572. The van der Waals surface area contributed by atoms with Gasteiger partial charge in [-0.1, -0.05) is 6.07 Å². The van der Waals surface area contributed by atoms with Gasteiger partial charge in [0.25, 0.3) is 11.6 Å². The molecule has 0 aliphatic carbocycles. The molecule has 0 aliphatic rings. The summed E-state index contributed by atoms with van der Waals surface area (Å²) in [6.45, 7) is -0.229. The monoisotopic (exact) mass is 425 g/mol. The second-order valence-corrected chi connectivity index (χ2v) is 5.79. The van der Waals surface area contributed by atoms with Crippen LogP contribution in [0, 0.1) is 13.7 Å². The normalized spacial score (nSPS) is 9.96. The van der Waals surface area contributed by atoms with Gasteiger partial charge in [-0.3, -0.25) is 19.7 Å². The first-order chi connectivity index (χ1) is 11.0. The van der Waals surface area contributed by atoms with Gasteiger partial charge < -0.3 is 10.6 Å². The maximum atomic E-state index is 11.9. The van der Waals surface area contributed by atoms with Gasteiger partial charge in [-0.05, 0) is 52.9 Å². The number of non-ortho nitro benzene ring substituents is 1. The van der Waals surface area contributed by atoms with Gasteiger partial charge in [0.05, 0.1) is 11.5 Å². The van der Waals surface area contributed by atoms with Crippen molar-refractivity contribution in [3.8, 4) is 0 Å². The third kappa shape index (κ3) is 5.02. The standard InChI is InChI=1S/C15H12IN3O4/c16-11-4-6-12(7-5-11)18-14(20)9-17-15(21)10-2-1-3-13(8-10)19(22)23/h1-8H,9H2,(H,17,21)(H,18,20). The van der Waals surface area contributed by atoms with Gasteiger partial charge in [0.2, 0.25) is 5.91 Å². The number of benzene rings is 2. The van der Waals surface area contributed by atoms with E-state index in [2.05, 4.69) is 33.2 Å². The van der Waals surface area contributed by atoms with Crippen molar-refractivity contribution in [1.82, 2.24) is 5.32 Å². The summed E-state index contributed by atoms with van der Waals surface area (Å²) in [7, 11) is 0. The highest BCUT2D eigenvalue weighted by Gasteiger charge is 2.12. The van der Waals surface area contributed by atoms with Crippen LogP contribution in [0.1, 0.15) is 10.4 Å². The minimum absolute atomic E-state index is 0.126. The molecule has 0 radical (unpaired) electrons. The zero-order valence-electron chi connectivity index (χ0n) is 11.8. The van der Waals surface area contributed by atoms with Crippen molar-refractivity contribution in [2.45, 2.75) is 0 Å². The number of carbonyl (C=O) groups is 2. The van der Waals surface area contributed by atoms with E-state index in [9.17, 15) is 19.7 Å². The smallest absolute Gasteiger partial charge is 0.270 e. The lowest BCUT2D eigenvalue weighted by atomic mass is 10.2. The SMILES string of the molecule is O=C(CNC(=O)c1cccc([N+](=O)[O-])c1)Nc1ccc(I)cc1. The highest BCUT2D eigenvalue weighted by Crippen LogP contribution is 2.13. The van der Waals surface area contributed by atoms with Crippen molar-refractivity contribution in [3.05, 3.63) is 67.8 Å². The predicted molar refractivity (Wildman–Crippen MR) is 93.2 cm³/mol. The van der Waals surface area contributed by atoms with E-state index in [1.807, 2.05) is 12.1 Å². The molecule has 2 aromatic carbocycles. The molecule has 2 amide bonds. The molecule has 23 heavy (non-hydrogen) atoms. The summed E-state index contributed by atoms with van der Waals surface area (Å²) in [5, 5.41) is 15.7. The molecule has 7 nitrogen and oxygen atoms in total. The molecule has 0 aromatic heterocycles. The van der Waals surface area contributed by atoms with E-state index in [0.29, 0.717) is 5.69 Å². The Hall–Kier alpha value is -2.49. The summed E-state index contributed by atoms with van der Waals surface area (Å²) < 4.78 is 1.04. The van der Waals surface area contributed by atoms with Crippen LogP contribution in [0.2, 0.25) is 0 Å². The highest BCUT2D eigenvalue weighted by atomic mass is 127. The van der Waals surface area contributed by atoms with Gasteiger partial charge in [-0.25, -0.2) is 0 Å². The Kier molecular flexibility index (Phi) is 5.63. The van der Waals surface area contributed by atoms with E-state index in [1.54, 1.807) is 12.1 Å². The van der Waals surface area contributed by atoms with Gasteiger partial charge in [0, 0.05) is 27.0 Å². The van der Waals surface area contributed by atoms with Gasteiger partial charge in [0.15, 0.2) is 0 Å². The Morgan fingerprint density at radius 1 is 1.13 bits per heavy atom. The van der Waals surface area contributed by atoms with Crippen LogP contribution in [-0.4, -0.2) is 23.3 Å². The van der Waals surface area contributed by atoms with Crippen molar-refractivity contribution in [2.24, 2.45) is 0 Å². The fourth-order valence-electron chi connectivity index (χ4n) is 1.76. The van der Waals surface area contributed by atoms with Crippen molar-refractivity contribution in [1.29, 1.82) is 0 Å². The summed E-state index contributed by atoms with van der Waals surface area (Å²) in [4.78, 5) is 33.8. The van der Waals surface area contributed by atoms with Crippen molar-refractivity contribution in [3.63, 3.8) is 0 Å². The first kappa shape index (κ1) is 16.9. The summed E-state index contributed by atoms with van der Waals surface area (Å²) in [6, 6.07) is 12.5. The van der Waals surface area contributed by atoms with Crippen molar-refractivity contribution < 1.29 is 14.5 Å². The summed E-state index contributed by atoms with van der Waals surface area (Å²) >= 11 is 2.15. The molecule has 0 aliphatic heterocycles. The summed E-state index contributed by atoms with van der Waals surface area (Å²) in [5.74, 6) is -0.934. The molecule has 0 heterocycles. The minimum atomic E-state index is -0.583. The number of nitrogens with one attached hydrogen (secondary N) is 2. The van der Waals surface area contributed by atoms with E-state index >= 15 is 0 Å². The predicted octanol–water partition coefficient (Wildman–Crippen LogP) is 2.57. The molecule has 2 aromatic rings. The van der Waals surface area contributed by atoms with E-state index in [0.717, 1.165) is 9.64 Å². The molecule has 118 valence electrons. The fraction of sp³-hybridized carbons (Fsp3) is 0.0667. The van der Waals surface area contributed by atoms with Crippen LogP contribution < -0.4 is 10.6 Å². The number of nitro benzene ring substituents is 1. The second-order valence-electron chi connectivity index (χ2n) is 4.55. The molecule has 0 unspecified atom stereocenters. The third-order valence-electron chi connectivity index (χ3n) is 2.86. The lowest BCUT2D eigenvalue weighted by Gasteiger charge is -2.07. The number of amides is 2. The highest BCUT2D eigenvalue weighted by molar-refractivity contribution is 14.1. The number of rotatable bonds is 5. The van der Waals surface area contributed by atoms with Crippen LogP contribution in [0.25, 0.3) is 0 Å². The molecule has 2 rings (SSSR count). The second kappa shape index (κ2) is 7.68. The van der Waals surface area contributed by atoms with Crippen LogP contribution in [0.3, 0.4) is 0 Å². The van der Waals surface area contributed by atoms with Gasteiger partial charge in [-0.15, -0.1) is 0 Å². The largest absolute Gasteiger partial charge is 0.343 e. The van der Waals surface area contributed by atoms with Gasteiger partial charge in [-0.2, -0.15) is 0 Å². The van der Waals surface area contributed by atoms with Crippen LogP contribution in [0.15, 0.2) is 48.5 Å². The zero-order valence-corrected chi connectivity index (χ0v) is 13.9. The Morgan fingerprint density at radius 2 is 1.83 bits per heavy atom. The topological polar surface area (TPSA) is 101 Å². The van der Waals surface area contributed by atoms with Crippen molar-refractivity contribution >= 4 is 45.8 Å². The van der Waals surface area contributed by atoms with Crippen LogP contribution in [0.4, 0.5) is 11.4 Å². The first-order valence-corrected chi connectivity index (χ1v) is 7.61. The number of nitrogens with zero attached hydrogens (tertiary/aromatic N) is 1. The molecule has 0 fully saturated rings. The van der Waals surface area contributed by atoms with Gasteiger partial charge >= 0.3 is 0 Å². The minimum Gasteiger partial charge on any atom is -0.343 e. The Labute approximate surface area is 145 Å². The van der Waals surface area contributed by atoms with Crippen LogP contribution >= 0.6 is 22.6 Å². The molecule has 0 saturated carbocycles. The molecule has 0 bridgehead atoms. The summed E-state index contributed by atoms with van der Waals surface area (Å²) in [6.07, 6.45) is 0. The first-order valence-electron chi connectivity index (χ1n) is 6.54. The fourth-order valence-corrected chi connectivity index (χ4v) is 2.12. The number of halogens is 1. The number of hydrogen-bond donors (Lipinski definition) is 2. The molecular weight excluding hydrogens is 413 g/mol. The third-order valence-corrected chi connectivity index (χ3v) is 3.58. The molecule has 0 atom stereocenters. The van der Waals surface area contributed by atoms with Gasteiger partial charge in [0.1, 0.15) is 0 Å². The van der Waals surface area contributed by atoms with E-state index in [1.165, 1.54) is 18.2 Å². The Bertz CT molecular complexity index is 747. The Morgan fingerprint density at radius 3 is 2.48 bits per heavy atom. The van der Waals surface area contributed by atoms with Crippen molar-refractivity contribution in [2.75, 3.05) is 11.9 Å². The average molecular weight is 425 g/mol. The quantitative estimate of drug-likeness (QED) is 0.437. The lowest BCUT2D eigenvalue weighted by Crippen LogP contribution is -2.32. The van der Waals surface area contributed by atoms with Crippen LogP contribution in [-0.2, 0) is 4.79 Å². The number of nitro groups is 1. The average Bonchev–Trinajstić information content (AvgIpc) is 2.55. The maximum absolute atomic E-state index is 11.9. The van der Waals surface area contributed by atoms with E-state index in [-0.39, 0.29) is 23.7 Å². The van der Waals surface area contributed by atoms with Crippen LogP contribution in [0.5, 0.6) is 0 Å². The van der Waals surface area contributed by atoms with E-state index < -0.39 is 10.8 Å². The number of carbonyl (C=O) groups excluding carboxylic acids is 2. The zero-order chi connectivity index (χ0) is 16.8. The maximum Gasteiger partial charge on any atom is 0.270 e. The molecule has 2 N–H and O–H groups in total. The molecular formula is C15H12IN3O4. The Balaban J connectivity index is 1.91. The molecule has 0 saturated heterocycles. The van der Waals surface area contributed by atoms with E-state index in [4.69, 9.17) is 0 Å². The number of anilines is 1. The number of hydrogen-bond acceptors (Lipinski definition) is 4.